The van der Waals surface area contributed by atoms with Crippen molar-refractivity contribution >= 4 is 5.97 Å². The van der Waals surface area contributed by atoms with Crippen LogP contribution < -0.4 is 0 Å². The SMILES string of the molecule is O=C(OCc1ccccc1)[C@H](c1ccc(O)cc1)N1Cc2ccccc2C1. The normalized spacial score (nSPS) is 14.5. The van der Waals surface area contributed by atoms with Gasteiger partial charge in [0.2, 0.25) is 0 Å². The van der Waals surface area contributed by atoms with Crippen LogP contribution in [0.5, 0.6) is 5.75 Å². The van der Waals surface area contributed by atoms with Crippen LogP contribution >= 0.6 is 0 Å². The summed E-state index contributed by atoms with van der Waals surface area (Å²) in [6.07, 6.45) is 0. The number of phenols is 1. The molecule has 1 N–H and O–H groups in total. The highest BCUT2D eigenvalue weighted by Gasteiger charge is 2.33. The number of carbonyl (C=O) groups excluding carboxylic acids is 1. The predicted octanol–water partition coefficient (Wildman–Crippen LogP) is 4.19. The van der Waals surface area contributed by atoms with E-state index in [0.717, 1.165) is 11.1 Å². The van der Waals surface area contributed by atoms with E-state index in [1.165, 1.54) is 11.1 Å². The standard InChI is InChI=1S/C23H21NO3/c25-21-12-10-18(11-13-21)22(23(26)27-16-17-6-2-1-3-7-17)24-14-19-8-4-5-9-20(19)15-24/h1-13,22,25H,14-16H2/t22-/m0/s1. The lowest BCUT2D eigenvalue weighted by Gasteiger charge is -2.26. The van der Waals surface area contributed by atoms with Crippen LogP contribution in [0.1, 0.15) is 28.3 Å². The van der Waals surface area contributed by atoms with Crippen LogP contribution in [0.3, 0.4) is 0 Å². The molecule has 4 heteroatoms. The topological polar surface area (TPSA) is 49.8 Å². The van der Waals surface area contributed by atoms with Gasteiger partial charge in [-0.25, -0.2) is 4.79 Å². The molecule has 0 radical (unpaired) electrons. The Kier molecular flexibility index (Phi) is 4.90. The van der Waals surface area contributed by atoms with Crippen LogP contribution in [0, 0.1) is 0 Å². The van der Waals surface area contributed by atoms with Crippen molar-refractivity contribution < 1.29 is 14.6 Å². The smallest absolute Gasteiger partial charge is 0.328 e. The Labute approximate surface area is 158 Å². The van der Waals surface area contributed by atoms with Gasteiger partial charge in [-0.15, -0.1) is 0 Å². The number of hydrogen-bond donors (Lipinski definition) is 1. The lowest BCUT2D eigenvalue weighted by Crippen LogP contribution is -2.31. The van der Waals surface area contributed by atoms with Crippen LogP contribution in [-0.2, 0) is 29.2 Å². The second kappa shape index (κ2) is 7.64. The average molecular weight is 359 g/mol. The molecule has 27 heavy (non-hydrogen) atoms. The number of esters is 1. The van der Waals surface area contributed by atoms with Crippen molar-refractivity contribution in [3.05, 3.63) is 101 Å². The van der Waals surface area contributed by atoms with E-state index in [-0.39, 0.29) is 18.3 Å². The molecule has 0 spiro atoms. The van der Waals surface area contributed by atoms with Crippen LogP contribution in [0.15, 0.2) is 78.9 Å². The Balaban J connectivity index is 1.57. The molecule has 0 saturated heterocycles. The molecule has 4 nitrogen and oxygen atoms in total. The maximum Gasteiger partial charge on any atom is 0.328 e. The van der Waals surface area contributed by atoms with Crippen LogP contribution in [-0.4, -0.2) is 16.0 Å². The van der Waals surface area contributed by atoms with Crippen molar-refractivity contribution in [2.45, 2.75) is 25.7 Å². The second-order valence-corrected chi connectivity index (χ2v) is 6.76. The van der Waals surface area contributed by atoms with Crippen molar-refractivity contribution in [2.24, 2.45) is 0 Å². The largest absolute Gasteiger partial charge is 0.508 e. The van der Waals surface area contributed by atoms with Crippen molar-refractivity contribution in [3.63, 3.8) is 0 Å². The number of phenolic OH excluding ortho intramolecular Hbond substituents is 1. The molecule has 0 fully saturated rings. The third-order valence-electron chi connectivity index (χ3n) is 4.89. The zero-order valence-corrected chi connectivity index (χ0v) is 14.9. The molecule has 0 amide bonds. The van der Waals surface area contributed by atoms with Gasteiger partial charge < -0.3 is 9.84 Å². The van der Waals surface area contributed by atoms with Gasteiger partial charge in [0.05, 0.1) is 0 Å². The summed E-state index contributed by atoms with van der Waals surface area (Å²) in [7, 11) is 0. The minimum atomic E-state index is -0.512. The van der Waals surface area contributed by atoms with E-state index in [1.54, 1.807) is 24.3 Å². The molecular formula is C23H21NO3. The number of aromatic hydroxyl groups is 1. The number of benzene rings is 3. The van der Waals surface area contributed by atoms with Gasteiger partial charge in [-0.1, -0.05) is 66.7 Å². The Morgan fingerprint density at radius 1 is 0.889 bits per heavy atom. The molecule has 0 aromatic heterocycles. The van der Waals surface area contributed by atoms with Gasteiger partial charge in [0, 0.05) is 13.1 Å². The summed E-state index contributed by atoms with van der Waals surface area (Å²) in [6.45, 7) is 1.64. The first-order valence-electron chi connectivity index (χ1n) is 9.01. The summed E-state index contributed by atoms with van der Waals surface area (Å²) < 4.78 is 5.64. The van der Waals surface area contributed by atoms with E-state index in [0.29, 0.717) is 13.1 Å². The van der Waals surface area contributed by atoms with E-state index < -0.39 is 6.04 Å². The summed E-state index contributed by atoms with van der Waals surface area (Å²) in [5.41, 5.74) is 4.24. The van der Waals surface area contributed by atoms with Gasteiger partial charge in [0.25, 0.3) is 0 Å². The first-order chi connectivity index (χ1) is 13.2. The zero-order valence-electron chi connectivity index (χ0n) is 14.9. The number of ether oxygens (including phenoxy) is 1. The van der Waals surface area contributed by atoms with E-state index in [1.807, 2.05) is 42.5 Å². The van der Waals surface area contributed by atoms with Gasteiger partial charge in [-0.05, 0) is 34.4 Å². The molecular weight excluding hydrogens is 338 g/mol. The molecule has 136 valence electrons. The van der Waals surface area contributed by atoms with Gasteiger partial charge in [-0.2, -0.15) is 0 Å². The molecule has 1 atom stereocenters. The van der Waals surface area contributed by atoms with Crippen molar-refractivity contribution in [1.82, 2.24) is 4.90 Å². The maximum atomic E-state index is 13.0. The summed E-state index contributed by atoms with van der Waals surface area (Å²) in [4.78, 5) is 15.1. The third-order valence-corrected chi connectivity index (χ3v) is 4.89. The fraction of sp³-hybridized carbons (Fsp3) is 0.174. The number of fused-ring (bicyclic) bond motifs is 1. The van der Waals surface area contributed by atoms with Gasteiger partial charge in [0.1, 0.15) is 18.4 Å². The second-order valence-electron chi connectivity index (χ2n) is 6.76. The average Bonchev–Trinajstić information content (AvgIpc) is 3.12. The fourth-order valence-corrected chi connectivity index (χ4v) is 3.50. The molecule has 1 heterocycles. The van der Waals surface area contributed by atoms with Crippen molar-refractivity contribution in [2.75, 3.05) is 0 Å². The lowest BCUT2D eigenvalue weighted by atomic mass is 10.1. The molecule has 1 aliphatic heterocycles. The first-order valence-corrected chi connectivity index (χ1v) is 9.01. The van der Waals surface area contributed by atoms with Gasteiger partial charge >= 0.3 is 5.97 Å². The lowest BCUT2D eigenvalue weighted by molar-refractivity contribution is -0.152. The highest BCUT2D eigenvalue weighted by atomic mass is 16.5. The third kappa shape index (κ3) is 3.86. The van der Waals surface area contributed by atoms with Gasteiger partial charge in [0.15, 0.2) is 0 Å². The Morgan fingerprint density at radius 3 is 2.11 bits per heavy atom. The Morgan fingerprint density at radius 2 is 1.48 bits per heavy atom. The molecule has 3 aromatic carbocycles. The molecule has 1 aliphatic rings. The summed E-state index contributed by atoms with van der Waals surface area (Å²) in [5, 5.41) is 9.61. The molecule has 0 unspecified atom stereocenters. The van der Waals surface area contributed by atoms with E-state index >= 15 is 0 Å². The number of hydrogen-bond acceptors (Lipinski definition) is 4. The van der Waals surface area contributed by atoms with E-state index in [9.17, 15) is 9.90 Å². The Bertz CT molecular complexity index is 897. The monoisotopic (exact) mass is 359 g/mol. The highest BCUT2D eigenvalue weighted by Crippen LogP contribution is 2.33. The van der Waals surface area contributed by atoms with Crippen LogP contribution in [0.25, 0.3) is 0 Å². The first kappa shape index (κ1) is 17.3. The molecule has 0 saturated carbocycles. The van der Waals surface area contributed by atoms with Crippen LogP contribution in [0.2, 0.25) is 0 Å². The Hall–Kier alpha value is -3.11. The van der Waals surface area contributed by atoms with Gasteiger partial charge in [-0.3, -0.25) is 4.90 Å². The van der Waals surface area contributed by atoms with Crippen molar-refractivity contribution in [1.29, 1.82) is 0 Å². The summed E-state index contributed by atoms with van der Waals surface area (Å²) in [6, 6.07) is 24.2. The molecule has 4 rings (SSSR count). The number of nitrogens with zero attached hydrogens (tertiary/aromatic N) is 1. The fourth-order valence-electron chi connectivity index (χ4n) is 3.50. The summed E-state index contributed by atoms with van der Waals surface area (Å²) in [5.74, 6) is -0.0998. The molecule has 0 aliphatic carbocycles. The molecule has 0 bridgehead atoms. The number of rotatable bonds is 5. The van der Waals surface area contributed by atoms with Crippen LogP contribution in [0.4, 0.5) is 0 Å². The van der Waals surface area contributed by atoms with Crippen molar-refractivity contribution in [3.8, 4) is 5.75 Å². The van der Waals surface area contributed by atoms with E-state index in [2.05, 4.69) is 17.0 Å². The van der Waals surface area contributed by atoms with E-state index in [4.69, 9.17) is 4.74 Å². The number of carbonyl (C=O) groups is 1. The summed E-state index contributed by atoms with van der Waals surface area (Å²) >= 11 is 0. The quantitative estimate of drug-likeness (QED) is 0.694. The molecule has 3 aromatic rings. The zero-order chi connectivity index (χ0) is 18.6. The predicted molar refractivity (Wildman–Crippen MR) is 103 cm³/mol. The highest BCUT2D eigenvalue weighted by molar-refractivity contribution is 5.78. The minimum absolute atomic E-state index is 0.180. The minimum Gasteiger partial charge on any atom is -0.508 e. The maximum absolute atomic E-state index is 13.0.